The van der Waals surface area contributed by atoms with Crippen molar-refractivity contribution in [3.8, 4) is 5.75 Å². The van der Waals surface area contributed by atoms with Gasteiger partial charge >= 0.3 is 11.7 Å². The van der Waals surface area contributed by atoms with Gasteiger partial charge in [-0.05, 0) is 25.0 Å². The largest absolute Gasteiger partial charge is 0.475 e. The van der Waals surface area contributed by atoms with Crippen LogP contribution in [0.15, 0.2) is 54.6 Å². The first-order chi connectivity index (χ1) is 13.9. The Morgan fingerprint density at radius 1 is 1.10 bits per heavy atom. The average Bonchev–Trinajstić information content (AvgIpc) is 2.72. The second-order valence-electron chi connectivity index (χ2n) is 6.41. The number of carbonyl (C=O) groups excluding carboxylic acids is 2. The maximum Gasteiger partial charge on any atom is 0.344 e. The molecule has 0 radical (unpaired) electrons. The molecular weight excluding hydrogens is 376 g/mol. The first-order valence-electron chi connectivity index (χ1n) is 9.33. The van der Waals surface area contributed by atoms with Gasteiger partial charge in [0.25, 0.3) is 5.91 Å². The second-order valence-corrected chi connectivity index (χ2v) is 6.41. The number of nitro benzene ring substituents is 1. The highest BCUT2D eigenvalue weighted by atomic mass is 16.6. The monoisotopic (exact) mass is 400 g/mol. The molecule has 8 nitrogen and oxygen atoms in total. The van der Waals surface area contributed by atoms with Gasteiger partial charge in [-0.2, -0.15) is 0 Å². The van der Waals surface area contributed by atoms with Gasteiger partial charge in [0.15, 0.2) is 18.5 Å². The smallest absolute Gasteiger partial charge is 0.344 e. The van der Waals surface area contributed by atoms with Crippen LogP contribution in [0.3, 0.4) is 0 Å². The molecule has 2 atom stereocenters. The Balaban J connectivity index is 1.90. The minimum Gasteiger partial charge on any atom is -0.475 e. The van der Waals surface area contributed by atoms with E-state index in [1.165, 1.54) is 25.1 Å². The standard InChI is InChI=1S/C21H24N2O6/c1-3-9-17(16-10-5-4-6-11-16)22-21(25)15(2)29-20(24)14-28-19-13-8-7-12-18(19)23(26)27/h4-8,10-13,15,17H,3,9,14H2,1-2H3,(H,22,25). The number of nitrogens with one attached hydrogen (secondary N) is 1. The van der Waals surface area contributed by atoms with Gasteiger partial charge in [-0.3, -0.25) is 14.9 Å². The summed E-state index contributed by atoms with van der Waals surface area (Å²) in [6.45, 7) is 2.94. The lowest BCUT2D eigenvalue weighted by Crippen LogP contribution is -2.38. The number of ether oxygens (including phenoxy) is 2. The predicted molar refractivity (Wildman–Crippen MR) is 106 cm³/mol. The van der Waals surface area contributed by atoms with E-state index < -0.39 is 29.5 Å². The van der Waals surface area contributed by atoms with Crippen LogP contribution in [0.5, 0.6) is 5.75 Å². The Kier molecular flexibility index (Phi) is 8.14. The lowest BCUT2D eigenvalue weighted by molar-refractivity contribution is -0.385. The summed E-state index contributed by atoms with van der Waals surface area (Å²) in [6.07, 6.45) is 0.592. The fourth-order valence-electron chi connectivity index (χ4n) is 2.74. The van der Waals surface area contributed by atoms with Crippen LogP contribution >= 0.6 is 0 Å². The van der Waals surface area contributed by atoms with Crippen molar-refractivity contribution >= 4 is 17.6 Å². The molecule has 8 heteroatoms. The van der Waals surface area contributed by atoms with Crippen molar-refractivity contribution in [1.82, 2.24) is 5.32 Å². The van der Waals surface area contributed by atoms with E-state index >= 15 is 0 Å². The normalized spacial score (nSPS) is 12.5. The minimum atomic E-state index is -1.03. The van der Waals surface area contributed by atoms with E-state index in [0.29, 0.717) is 0 Å². The fraction of sp³-hybridized carbons (Fsp3) is 0.333. The Morgan fingerprint density at radius 3 is 2.41 bits per heavy atom. The minimum absolute atomic E-state index is 0.0429. The summed E-state index contributed by atoms with van der Waals surface area (Å²) in [7, 11) is 0. The number of hydrogen-bond acceptors (Lipinski definition) is 6. The van der Waals surface area contributed by atoms with Gasteiger partial charge in [0, 0.05) is 6.07 Å². The third-order valence-corrected chi connectivity index (χ3v) is 4.18. The molecule has 0 saturated carbocycles. The van der Waals surface area contributed by atoms with Crippen molar-refractivity contribution in [2.75, 3.05) is 6.61 Å². The number of rotatable bonds is 10. The van der Waals surface area contributed by atoms with Crippen LogP contribution in [-0.2, 0) is 14.3 Å². The fourth-order valence-corrected chi connectivity index (χ4v) is 2.74. The van der Waals surface area contributed by atoms with Crippen LogP contribution < -0.4 is 10.1 Å². The Morgan fingerprint density at radius 2 is 1.76 bits per heavy atom. The second kappa shape index (κ2) is 10.8. The molecule has 0 saturated heterocycles. The molecule has 2 aromatic rings. The average molecular weight is 400 g/mol. The molecule has 29 heavy (non-hydrogen) atoms. The molecule has 0 aliphatic heterocycles. The van der Waals surface area contributed by atoms with Crippen LogP contribution in [0, 0.1) is 10.1 Å². The van der Waals surface area contributed by atoms with Gasteiger partial charge in [-0.15, -0.1) is 0 Å². The highest BCUT2D eigenvalue weighted by molar-refractivity contribution is 5.84. The third-order valence-electron chi connectivity index (χ3n) is 4.18. The van der Waals surface area contributed by atoms with E-state index in [1.807, 2.05) is 37.3 Å². The van der Waals surface area contributed by atoms with E-state index in [-0.39, 0.29) is 17.5 Å². The summed E-state index contributed by atoms with van der Waals surface area (Å²) >= 11 is 0. The van der Waals surface area contributed by atoms with Crippen molar-refractivity contribution in [3.63, 3.8) is 0 Å². The molecule has 1 N–H and O–H groups in total. The SMILES string of the molecule is CCCC(NC(=O)C(C)OC(=O)COc1ccccc1[N+](=O)[O-])c1ccccc1. The summed E-state index contributed by atoms with van der Waals surface area (Å²) in [5.41, 5.74) is 0.720. The van der Waals surface area contributed by atoms with E-state index in [9.17, 15) is 19.7 Å². The van der Waals surface area contributed by atoms with E-state index in [1.54, 1.807) is 6.07 Å². The molecule has 1 amide bonds. The summed E-state index contributed by atoms with van der Waals surface area (Å²) < 4.78 is 10.3. The van der Waals surface area contributed by atoms with Crippen LogP contribution in [0.1, 0.15) is 38.3 Å². The van der Waals surface area contributed by atoms with Crippen molar-refractivity contribution in [2.45, 2.75) is 38.8 Å². The molecular formula is C21H24N2O6. The maximum atomic E-state index is 12.4. The van der Waals surface area contributed by atoms with E-state index in [2.05, 4.69) is 5.32 Å². The van der Waals surface area contributed by atoms with E-state index in [0.717, 1.165) is 18.4 Å². The third kappa shape index (κ3) is 6.60. The lowest BCUT2D eigenvalue weighted by Gasteiger charge is -2.21. The molecule has 0 aliphatic rings. The van der Waals surface area contributed by atoms with Gasteiger partial charge in [0.2, 0.25) is 0 Å². The van der Waals surface area contributed by atoms with Gasteiger partial charge in [-0.25, -0.2) is 4.79 Å². The first-order valence-corrected chi connectivity index (χ1v) is 9.33. The Hall–Kier alpha value is -3.42. The van der Waals surface area contributed by atoms with Gasteiger partial charge in [-0.1, -0.05) is 55.8 Å². The summed E-state index contributed by atoms with van der Waals surface area (Å²) in [5.74, 6) is -1.26. The zero-order valence-corrected chi connectivity index (χ0v) is 16.4. The molecule has 2 aromatic carbocycles. The van der Waals surface area contributed by atoms with Crippen molar-refractivity contribution in [1.29, 1.82) is 0 Å². The molecule has 2 unspecified atom stereocenters. The number of hydrogen-bond donors (Lipinski definition) is 1. The Bertz CT molecular complexity index is 840. The van der Waals surface area contributed by atoms with Crippen LogP contribution in [0.4, 0.5) is 5.69 Å². The number of esters is 1. The zero-order valence-electron chi connectivity index (χ0n) is 16.4. The summed E-state index contributed by atoms with van der Waals surface area (Å²) in [6, 6.07) is 15.1. The summed E-state index contributed by atoms with van der Waals surface area (Å²) in [4.78, 5) is 34.8. The topological polar surface area (TPSA) is 108 Å². The molecule has 154 valence electrons. The number of nitrogens with zero attached hydrogens (tertiary/aromatic N) is 1. The molecule has 2 rings (SSSR count). The van der Waals surface area contributed by atoms with Crippen molar-refractivity contribution in [3.05, 3.63) is 70.3 Å². The van der Waals surface area contributed by atoms with Crippen LogP contribution in [-0.4, -0.2) is 29.5 Å². The number of para-hydroxylation sites is 2. The van der Waals surface area contributed by atoms with Crippen LogP contribution in [0.2, 0.25) is 0 Å². The van der Waals surface area contributed by atoms with Crippen molar-refractivity contribution in [2.24, 2.45) is 0 Å². The summed E-state index contributed by atoms with van der Waals surface area (Å²) in [5, 5.41) is 13.9. The van der Waals surface area contributed by atoms with Crippen LogP contribution in [0.25, 0.3) is 0 Å². The maximum absolute atomic E-state index is 12.4. The van der Waals surface area contributed by atoms with Gasteiger partial charge in [0.1, 0.15) is 0 Å². The number of carbonyl (C=O) groups is 2. The number of benzene rings is 2. The molecule has 0 spiro atoms. The zero-order chi connectivity index (χ0) is 21.2. The number of amides is 1. The quantitative estimate of drug-likeness (QED) is 0.371. The van der Waals surface area contributed by atoms with Gasteiger partial charge < -0.3 is 14.8 Å². The highest BCUT2D eigenvalue weighted by Gasteiger charge is 2.22. The lowest BCUT2D eigenvalue weighted by atomic mass is 10.0. The molecule has 0 aliphatic carbocycles. The van der Waals surface area contributed by atoms with E-state index in [4.69, 9.17) is 9.47 Å². The molecule has 0 heterocycles. The molecule has 0 aromatic heterocycles. The highest BCUT2D eigenvalue weighted by Crippen LogP contribution is 2.25. The molecule has 0 fully saturated rings. The first kappa shape index (κ1) is 21.9. The van der Waals surface area contributed by atoms with Crippen molar-refractivity contribution < 1.29 is 24.0 Å². The Labute approximate surface area is 169 Å². The molecule has 0 bridgehead atoms. The predicted octanol–water partition coefficient (Wildman–Crippen LogP) is 3.56. The number of nitro groups is 1. The van der Waals surface area contributed by atoms with Gasteiger partial charge in [0.05, 0.1) is 11.0 Å².